The molecule has 2 rings (SSSR count). The normalized spacial score (nSPS) is 11.8. The number of nitrogens with zero attached hydrogens (tertiary/aromatic N) is 2. The number of anilines is 1. The minimum absolute atomic E-state index is 0.484. The maximum absolute atomic E-state index is 4.62. The van der Waals surface area contributed by atoms with Gasteiger partial charge in [0.25, 0.3) is 0 Å². The largest absolute Gasteiger partial charge is 0.377 e. The van der Waals surface area contributed by atoms with Crippen molar-refractivity contribution in [1.29, 1.82) is 0 Å². The van der Waals surface area contributed by atoms with Crippen LogP contribution in [0, 0.1) is 0 Å². The fraction of sp³-hybridized carbons (Fsp3) is 0.250. The van der Waals surface area contributed by atoms with Gasteiger partial charge >= 0.3 is 0 Å². The zero-order chi connectivity index (χ0) is 12.6. The van der Waals surface area contributed by atoms with Crippen LogP contribution < -0.4 is 4.90 Å². The molecular weight excluding hydrogens is 412 g/mol. The highest BCUT2D eigenvalue weighted by Crippen LogP contribution is 2.45. The van der Waals surface area contributed by atoms with Crippen molar-refractivity contribution in [2.75, 3.05) is 19.0 Å². The summed E-state index contributed by atoms with van der Waals surface area (Å²) in [7, 11) is 4.06. The fourth-order valence-electron chi connectivity index (χ4n) is 1.67. The van der Waals surface area contributed by atoms with Gasteiger partial charge in [-0.05, 0) is 12.1 Å². The molecule has 1 aromatic carbocycles. The molecule has 0 atom stereocenters. The quantitative estimate of drug-likeness (QED) is 0.624. The molecule has 17 heavy (non-hydrogen) atoms. The van der Waals surface area contributed by atoms with Gasteiger partial charge in [-0.3, -0.25) is 0 Å². The molecule has 5 heteroatoms. The highest BCUT2D eigenvalue weighted by Gasteiger charge is 2.24. The van der Waals surface area contributed by atoms with Gasteiger partial charge in [0.15, 0.2) is 2.14 Å². The second kappa shape index (κ2) is 4.86. The molecule has 0 bridgehead atoms. The van der Waals surface area contributed by atoms with Crippen molar-refractivity contribution in [1.82, 2.24) is 4.98 Å². The first-order valence-electron chi connectivity index (χ1n) is 5.04. The Morgan fingerprint density at radius 3 is 2.35 bits per heavy atom. The van der Waals surface area contributed by atoms with E-state index in [-0.39, 0.29) is 0 Å². The summed E-state index contributed by atoms with van der Waals surface area (Å²) in [5.74, 6) is 0. The standard InChI is InChI=1S/C12H11Br3N2/c1-17(2)10-7-11(12(13,14)15)16-9-6-4-3-5-8(9)10/h3-7H,1-2H3. The number of aromatic nitrogens is 1. The van der Waals surface area contributed by atoms with Crippen molar-refractivity contribution in [3.8, 4) is 0 Å². The molecule has 1 aromatic heterocycles. The smallest absolute Gasteiger partial charge is 0.176 e. The van der Waals surface area contributed by atoms with E-state index in [1.165, 1.54) is 0 Å². The maximum Gasteiger partial charge on any atom is 0.176 e. The molecule has 0 saturated carbocycles. The highest BCUT2D eigenvalue weighted by molar-refractivity contribution is 9.38. The highest BCUT2D eigenvalue weighted by atomic mass is 80.0. The number of para-hydroxylation sites is 1. The van der Waals surface area contributed by atoms with Crippen LogP contribution in [0.15, 0.2) is 30.3 Å². The van der Waals surface area contributed by atoms with Gasteiger partial charge < -0.3 is 4.90 Å². The number of fused-ring (bicyclic) bond motifs is 1. The van der Waals surface area contributed by atoms with Gasteiger partial charge in [0.2, 0.25) is 0 Å². The van der Waals surface area contributed by atoms with Crippen molar-refractivity contribution in [3.05, 3.63) is 36.0 Å². The number of halogens is 3. The van der Waals surface area contributed by atoms with E-state index in [1.54, 1.807) is 0 Å². The van der Waals surface area contributed by atoms with Crippen LogP contribution in [0.1, 0.15) is 5.69 Å². The monoisotopic (exact) mass is 420 g/mol. The van der Waals surface area contributed by atoms with Crippen LogP contribution in [-0.4, -0.2) is 19.1 Å². The molecule has 0 saturated heterocycles. The summed E-state index contributed by atoms with van der Waals surface area (Å²) in [6.45, 7) is 0. The van der Waals surface area contributed by atoms with E-state index in [0.717, 1.165) is 22.3 Å². The number of hydrogen-bond donors (Lipinski definition) is 0. The molecule has 90 valence electrons. The van der Waals surface area contributed by atoms with Crippen molar-refractivity contribution in [3.63, 3.8) is 0 Å². The Hall–Kier alpha value is -0.130. The molecule has 2 aromatic rings. The third-order valence-electron chi connectivity index (χ3n) is 2.47. The van der Waals surface area contributed by atoms with E-state index in [1.807, 2.05) is 32.3 Å². The van der Waals surface area contributed by atoms with Crippen LogP contribution in [0.25, 0.3) is 10.9 Å². The lowest BCUT2D eigenvalue weighted by Crippen LogP contribution is -2.12. The lowest BCUT2D eigenvalue weighted by molar-refractivity contribution is 1.11. The first-order chi connectivity index (χ1) is 7.89. The first kappa shape index (κ1) is 13.3. The summed E-state index contributed by atoms with van der Waals surface area (Å²) in [5.41, 5.74) is 3.02. The summed E-state index contributed by atoms with van der Waals surface area (Å²) in [4.78, 5) is 6.71. The maximum atomic E-state index is 4.62. The molecule has 0 N–H and O–H groups in total. The predicted octanol–water partition coefficient (Wildman–Crippen LogP) is 4.60. The molecule has 0 amide bonds. The number of benzene rings is 1. The second-order valence-corrected chi connectivity index (χ2v) is 10.7. The van der Waals surface area contributed by atoms with Crippen molar-refractivity contribution < 1.29 is 0 Å². The Kier molecular flexibility index (Phi) is 3.80. The summed E-state index contributed by atoms with van der Waals surface area (Å²) in [5, 5.41) is 1.15. The minimum atomic E-state index is -0.484. The molecule has 0 aliphatic carbocycles. The average Bonchev–Trinajstić information content (AvgIpc) is 2.26. The second-order valence-electron chi connectivity index (χ2n) is 3.94. The third kappa shape index (κ3) is 2.83. The molecule has 0 radical (unpaired) electrons. The molecule has 0 unspecified atom stereocenters. The summed E-state index contributed by atoms with van der Waals surface area (Å²) < 4.78 is -0.484. The Balaban J connectivity index is 2.76. The van der Waals surface area contributed by atoms with Gasteiger partial charge in [-0.1, -0.05) is 66.0 Å². The van der Waals surface area contributed by atoms with Gasteiger partial charge in [0, 0.05) is 25.2 Å². The molecule has 0 spiro atoms. The van der Waals surface area contributed by atoms with E-state index in [0.29, 0.717) is 0 Å². The lowest BCUT2D eigenvalue weighted by atomic mass is 10.1. The summed E-state index contributed by atoms with van der Waals surface area (Å²) >= 11 is 10.5. The van der Waals surface area contributed by atoms with Crippen LogP contribution in [0.4, 0.5) is 5.69 Å². The van der Waals surface area contributed by atoms with E-state index in [4.69, 9.17) is 0 Å². The molecule has 0 fully saturated rings. The number of pyridine rings is 1. The Bertz CT molecular complexity index is 547. The van der Waals surface area contributed by atoms with Gasteiger partial charge in [-0.2, -0.15) is 0 Å². The van der Waals surface area contributed by atoms with Crippen molar-refractivity contribution in [2.24, 2.45) is 0 Å². The lowest BCUT2D eigenvalue weighted by Gasteiger charge is -2.19. The van der Waals surface area contributed by atoms with Crippen molar-refractivity contribution in [2.45, 2.75) is 2.14 Å². The van der Waals surface area contributed by atoms with Crippen LogP contribution in [0.2, 0.25) is 0 Å². The first-order valence-corrected chi connectivity index (χ1v) is 7.42. The van der Waals surface area contributed by atoms with Crippen molar-refractivity contribution >= 4 is 64.4 Å². The van der Waals surface area contributed by atoms with E-state index >= 15 is 0 Å². The average molecular weight is 423 g/mol. The molecular formula is C12H11Br3N2. The molecule has 2 nitrogen and oxygen atoms in total. The van der Waals surface area contributed by atoms with Crippen LogP contribution in [0.5, 0.6) is 0 Å². The molecule has 0 aliphatic heterocycles. The Morgan fingerprint density at radius 2 is 1.76 bits per heavy atom. The Labute approximate surface area is 126 Å². The van der Waals surface area contributed by atoms with Gasteiger partial charge in [-0.15, -0.1) is 0 Å². The van der Waals surface area contributed by atoms with Crippen LogP contribution >= 0.6 is 47.8 Å². The van der Waals surface area contributed by atoms with E-state index < -0.39 is 2.14 Å². The van der Waals surface area contributed by atoms with E-state index in [2.05, 4.69) is 69.8 Å². The topological polar surface area (TPSA) is 16.1 Å². The van der Waals surface area contributed by atoms with Gasteiger partial charge in [0.05, 0.1) is 11.2 Å². The fourth-order valence-corrected chi connectivity index (χ4v) is 2.28. The third-order valence-corrected chi connectivity index (χ3v) is 3.69. The predicted molar refractivity (Wildman–Crippen MR) is 84.5 cm³/mol. The summed E-state index contributed by atoms with van der Waals surface area (Å²) in [6.07, 6.45) is 0. The zero-order valence-electron chi connectivity index (χ0n) is 9.42. The molecule has 1 heterocycles. The Morgan fingerprint density at radius 1 is 1.12 bits per heavy atom. The van der Waals surface area contributed by atoms with Crippen LogP contribution in [0.3, 0.4) is 0 Å². The summed E-state index contributed by atoms with van der Waals surface area (Å²) in [6, 6.07) is 10.2. The van der Waals surface area contributed by atoms with E-state index in [9.17, 15) is 0 Å². The number of hydrogen-bond acceptors (Lipinski definition) is 2. The number of alkyl halides is 3. The van der Waals surface area contributed by atoms with Gasteiger partial charge in [-0.25, -0.2) is 4.98 Å². The van der Waals surface area contributed by atoms with Gasteiger partial charge in [0.1, 0.15) is 0 Å². The number of rotatable bonds is 1. The van der Waals surface area contributed by atoms with Crippen LogP contribution in [-0.2, 0) is 2.14 Å². The minimum Gasteiger partial charge on any atom is -0.377 e. The molecule has 0 aliphatic rings. The SMILES string of the molecule is CN(C)c1cc(C(Br)(Br)Br)nc2ccccc12. The zero-order valence-corrected chi connectivity index (χ0v) is 14.2.